The molecule has 0 aromatic carbocycles. The van der Waals surface area contributed by atoms with E-state index in [1.165, 1.54) is 4.90 Å². The van der Waals surface area contributed by atoms with Crippen molar-refractivity contribution in [2.75, 3.05) is 61.7 Å². The molecule has 0 bridgehead atoms. The standard InChI is InChI=1S/C22H41NO14S5/c1-12(2-23-13(28)7-42-22(23)32)33-17-11-41-20(5-26)36-15(30)9-39-18(3-24)34-14(29)8-38-19(4-25)35-16(31)10-40-21(6-27)37-17/h12-21,24-31H,2-11H2,1H3/t12?,13-,14?,15?,16?,17?,18+,19+,20-,21-/m1/s1. The molecule has 5 unspecified atom stereocenters. The molecule has 248 valence electrons. The van der Waals surface area contributed by atoms with Gasteiger partial charge in [-0.2, -0.15) is 0 Å². The fourth-order valence-corrected chi connectivity index (χ4v) is 7.41. The first-order valence-corrected chi connectivity index (χ1v) is 18.1. The van der Waals surface area contributed by atoms with Crippen molar-refractivity contribution in [1.82, 2.24) is 4.90 Å². The van der Waals surface area contributed by atoms with E-state index in [0.717, 1.165) is 58.8 Å². The van der Waals surface area contributed by atoms with Crippen molar-refractivity contribution in [2.45, 2.75) is 66.2 Å². The van der Waals surface area contributed by atoms with Crippen LogP contribution in [0.25, 0.3) is 0 Å². The minimum absolute atomic E-state index is 0.0502. The van der Waals surface area contributed by atoms with E-state index < -0.39 is 85.7 Å². The van der Waals surface area contributed by atoms with Crippen LogP contribution in [0.1, 0.15) is 6.92 Å². The predicted molar refractivity (Wildman–Crippen MR) is 161 cm³/mol. The van der Waals surface area contributed by atoms with Crippen molar-refractivity contribution in [3.05, 3.63) is 0 Å². The maximum absolute atomic E-state index is 12.1. The summed E-state index contributed by atoms with van der Waals surface area (Å²) in [4.78, 5) is 13.3. The van der Waals surface area contributed by atoms with Gasteiger partial charge in [-0.15, -0.1) is 47.0 Å². The number of carbonyl (C=O) groups is 1. The quantitative estimate of drug-likeness (QED) is 0.143. The van der Waals surface area contributed by atoms with E-state index in [1.807, 2.05) is 0 Å². The molecule has 10 atom stereocenters. The van der Waals surface area contributed by atoms with E-state index in [9.17, 15) is 45.6 Å². The van der Waals surface area contributed by atoms with Crippen LogP contribution in [0.5, 0.6) is 0 Å². The van der Waals surface area contributed by atoms with Gasteiger partial charge in [0, 0.05) is 28.8 Å². The summed E-state index contributed by atoms with van der Waals surface area (Å²) in [5.74, 6) is 0.0850. The first kappa shape index (κ1) is 38.9. The maximum Gasteiger partial charge on any atom is 0.283 e. The number of aliphatic hydroxyl groups is 8. The number of amides is 1. The normalized spacial score (nSPS) is 36.5. The van der Waals surface area contributed by atoms with Crippen molar-refractivity contribution in [3.8, 4) is 0 Å². The smallest absolute Gasteiger partial charge is 0.283 e. The van der Waals surface area contributed by atoms with E-state index in [0.29, 0.717) is 0 Å². The molecule has 2 aliphatic heterocycles. The Hall–Kier alpha value is 0.700. The number of thioether (sulfide) groups is 5. The second-order valence-electron chi connectivity index (χ2n) is 8.78. The number of aliphatic hydroxyl groups excluding tert-OH is 8. The Balaban J connectivity index is 2.13. The molecule has 0 aliphatic carbocycles. The summed E-state index contributed by atoms with van der Waals surface area (Å²) in [5.41, 5.74) is -3.65. The third kappa shape index (κ3) is 14.9. The number of nitrogens with zero attached hydrogens (tertiary/aromatic N) is 1. The molecule has 0 aromatic heterocycles. The monoisotopic (exact) mass is 703 g/mol. The molecule has 0 spiro atoms. The van der Waals surface area contributed by atoms with Gasteiger partial charge in [0.1, 0.15) is 28.0 Å². The van der Waals surface area contributed by atoms with Crippen LogP contribution in [0.2, 0.25) is 0 Å². The Bertz CT molecular complexity index is 754. The van der Waals surface area contributed by atoms with E-state index in [4.69, 9.17) is 23.7 Å². The lowest BCUT2D eigenvalue weighted by atomic mass is 10.3. The van der Waals surface area contributed by atoms with Gasteiger partial charge in [0.05, 0.1) is 39.1 Å². The molecule has 0 aromatic rings. The average molecular weight is 704 g/mol. The Morgan fingerprint density at radius 2 is 1.12 bits per heavy atom. The molecule has 2 heterocycles. The third-order valence-corrected chi connectivity index (χ3v) is 10.7. The fourth-order valence-electron chi connectivity index (χ4n) is 3.43. The summed E-state index contributed by atoms with van der Waals surface area (Å²) in [6, 6.07) is 0. The first-order valence-electron chi connectivity index (χ1n) is 12.9. The van der Waals surface area contributed by atoms with Crippen molar-refractivity contribution in [3.63, 3.8) is 0 Å². The minimum Gasteiger partial charge on any atom is -0.393 e. The van der Waals surface area contributed by atoms with Gasteiger partial charge < -0.3 is 69.4 Å². The zero-order chi connectivity index (χ0) is 31.1. The van der Waals surface area contributed by atoms with Crippen molar-refractivity contribution in [1.29, 1.82) is 0 Å². The summed E-state index contributed by atoms with van der Waals surface area (Å²) in [7, 11) is 0. The van der Waals surface area contributed by atoms with E-state index in [1.54, 1.807) is 6.92 Å². The maximum atomic E-state index is 12.1. The second-order valence-corrected chi connectivity index (χ2v) is 14.5. The molecule has 20 heteroatoms. The van der Waals surface area contributed by atoms with Gasteiger partial charge >= 0.3 is 0 Å². The molecular weight excluding hydrogens is 663 g/mol. The van der Waals surface area contributed by atoms with Crippen LogP contribution in [0.3, 0.4) is 0 Å². The van der Waals surface area contributed by atoms with Gasteiger partial charge in [-0.3, -0.25) is 4.79 Å². The lowest BCUT2D eigenvalue weighted by Crippen LogP contribution is -2.41. The molecule has 8 N–H and O–H groups in total. The highest BCUT2D eigenvalue weighted by Crippen LogP contribution is 2.27. The van der Waals surface area contributed by atoms with E-state index in [2.05, 4.69) is 0 Å². The van der Waals surface area contributed by atoms with Crippen molar-refractivity contribution in [2.24, 2.45) is 0 Å². The van der Waals surface area contributed by atoms with Crippen LogP contribution in [0.4, 0.5) is 4.79 Å². The summed E-state index contributed by atoms with van der Waals surface area (Å²) in [6.45, 7) is -0.169. The molecule has 1 amide bonds. The molecule has 15 nitrogen and oxygen atoms in total. The molecule has 2 rings (SSSR count). The molecule has 2 fully saturated rings. The lowest BCUT2D eigenvalue weighted by molar-refractivity contribution is -0.170. The lowest BCUT2D eigenvalue weighted by Gasteiger charge is -2.30. The van der Waals surface area contributed by atoms with Crippen LogP contribution in [-0.4, -0.2) is 172 Å². The first-order chi connectivity index (χ1) is 20.1. The summed E-state index contributed by atoms with van der Waals surface area (Å²) < 4.78 is 28.2. The SMILES string of the molecule is CC(CN1C(=O)SC[C@H]1O)OC1CS[C@H](CO)OC(O)CS[C@@H](CO)OC(O)CS[C@@H](CO)OC(O)CS[C@H](CO)O1. The van der Waals surface area contributed by atoms with Crippen molar-refractivity contribution < 1.29 is 69.3 Å². The van der Waals surface area contributed by atoms with Crippen LogP contribution in [0, 0.1) is 0 Å². The van der Waals surface area contributed by atoms with Crippen LogP contribution in [0.15, 0.2) is 0 Å². The molecule has 0 saturated carbocycles. The minimum atomic E-state index is -1.37. The van der Waals surface area contributed by atoms with Crippen LogP contribution < -0.4 is 0 Å². The predicted octanol–water partition coefficient (Wildman–Crippen LogP) is -1.55. The Morgan fingerprint density at radius 3 is 1.50 bits per heavy atom. The zero-order valence-electron chi connectivity index (χ0n) is 22.9. The zero-order valence-corrected chi connectivity index (χ0v) is 26.9. The number of ether oxygens (including phenoxy) is 5. The highest BCUT2D eigenvalue weighted by Gasteiger charge is 2.33. The van der Waals surface area contributed by atoms with Gasteiger partial charge in [0.25, 0.3) is 5.24 Å². The number of hydrogen-bond acceptors (Lipinski definition) is 19. The van der Waals surface area contributed by atoms with Gasteiger partial charge in [0.15, 0.2) is 25.2 Å². The Kier molecular flexibility index (Phi) is 19.9. The largest absolute Gasteiger partial charge is 0.393 e. The Labute approximate surface area is 265 Å². The third-order valence-electron chi connectivity index (χ3n) is 5.31. The fraction of sp³-hybridized carbons (Fsp3) is 0.955. The highest BCUT2D eigenvalue weighted by molar-refractivity contribution is 8.13. The number of carbonyl (C=O) groups excluding carboxylic acids is 1. The summed E-state index contributed by atoms with van der Waals surface area (Å²) >= 11 is 4.98. The van der Waals surface area contributed by atoms with E-state index >= 15 is 0 Å². The van der Waals surface area contributed by atoms with Crippen LogP contribution >= 0.6 is 58.8 Å². The van der Waals surface area contributed by atoms with Crippen LogP contribution in [-0.2, 0) is 23.7 Å². The molecule has 2 saturated heterocycles. The molecule has 0 radical (unpaired) electrons. The van der Waals surface area contributed by atoms with Gasteiger partial charge in [-0.25, -0.2) is 0 Å². The van der Waals surface area contributed by atoms with Gasteiger partial charge in [-0.1, -0.05) is 11.8 Å². The second kappa shape index (κ2) is 21.5. The Morgan fingerprint density at radius 1 is 0.714 bits per heavy atom. The molecule has 42 heavy (non-hydrogen) atoms. The van der Waals surface area contributed by atoms with Gasteiger partial charge in [-0.05, 0) is 6.92 Å². The number of rotatable bonds is 8. The average Bonchev–Trinajstić information content (AvgIpc) is 3.28. The number of hydrogen-bond donors (Lipinski definition) is 8. The van der Waals surface area contributed by atoms with Gasteiger partial charge in [0.2, 0.25) is 0 Å². The highest BCUT2D eigenvalue weighted by atomic mass is 32.2. The molecule has 2 aliphatic rings. The summed E-state index contributed by atoms with van der Waals surface area (Å²) in [5, 5.41) is 79.6. The van der Waals surface area contributed by atoms with Crippen molar-refractivity contribution >= 4 is 64.0 Å². The molecular formula is C22H41NO14S5. The van der Waals surface area contributed by atoms with E-state index in [-0.39, 0.29) is 40.5 Å². The topological polar surface area (TPSA) is 228 Å². The summed E-state index contributed by atoms with van der Waals surface area (Å²) in [6.07, 6.45) is -6.67.